The van der Waals surface area contributed by atoms with Crippen molar-refractivity contribution in [3.63, 3.8) is 0 Å². The van der Waals surface area contributed by atoms with Gasteiger partial charge in [-0.3, -0.25) is 0 Å². The van der Waals surface area contributed by atoms with E-state index in [0.717, 1.165) is 36.7 Å². The van der Waals surface area contributed by atoms with E-state index < -0.39 is 0 Å². The van der Waals surface area contributed by atoms with E-state index in [1.165, 1.54) is 64.2 Å². The number of hydrogen-bond donors (Lipinski definition) is 0. The molecule has 0 aliphatic heterocycles. The van der Waals surface area contributed by atoms with Crippen molar-refractivity contribution in [2.75, 3.05) is 23.9 Å². The van der Waals surface area contributed by atoms with Crippen molar-refractivity contribution >= 4 is 31.9 Å². The fraction of sp³-hybridized carbons (Fsp3) is 0.833. The number of allylic oxidation sites excluding steroid dienone is 4. The molecule has 0 aromatic rings. The normalized spacial score (nSPS) is 14.4. The summed E-state index contributed by atoms with van der Waals surface area (Å²) < 4.78 is 6.03. The van der Waals surface area contributed by atoms with Gasteiger partial charge in [0.25, 0.3) is 0 Å². The van der Waals surface area contributed by atoms with E-state index in [4.69, 9.17) is 4.74 Å². The smallest absolute Gasteiger partial charge is 0.0471 e. The zero-order chi connectivity index (χ0) is 20.0. The van der Waals surface area contributed by atoms with E-state index in [1.54, 1.807) is 0 Å². The van der Waals surface area contributed by atoms with Gasteiger partial charge in [0, 0.05) is 23.9 Å². The molecule has 0 heterocycles. The molecule has 2 atom stereocenters. The average molecular weight is 508 g/mol. The lowest BCUT2D eigenvalue weighted by Crippen LogP contribution is -2.07. The molecule has 0 radical (unpaired) electrons. The molecule has 0 N–H and O–H groups in total. The van der Waals surface area contributed by atoms with Gasteiger partial charge in [-0.2, -0.15) is 0 Å². The van der Waals surface area contributed by atoms with Crippen LogP contribution in [-0.4, -0.2) is 23.9 Å². The predicted molar refractivity (Wildman–Crippen MR) is 130 cm³/mol. The van der Waals surface area contributed by atoms with Crippen LogP contribution in [0.15, 0.2) is 24.3 Å². The molecule has 2 unspecified atom stereocenters. The number of ether oxygens (including phenoxy) is 1. The molecule has 160 valence electrons. The molecular weight excluding hydrogens is 464 g/mol. The molecule has 0 amide bonds. The van der Waals surface area contributed by atoms with Gasteiger partial charge in [-0.15, -0.1) is 0 Å². The van der Waals surface area contributed by atoms with Gasteiger partial charge in [0.1, 0.15) is 0 Å². The Hall–Kier alpha value is 0.400. The quantitative estimate of drug-likeness (QED) is 0.0907. The Morgan fingerprint density at radius 1 is 0.630 bits per heavy atom. The average Bonchev–Trinajstić information content (AvgIpc) is 2.69. The molecule has 27 heavy (non-hydrogen) atoms. The number of rotatable bonds is 20. The van der Waals surface area contributed by atoms with E-state index in [1.807, 2.05) is 0 Å². The summed E-state index contributed by atoms with van der Waals surface area (Å²) >= 11 is 7.05. The Morgan fingerprint density at radius 3 is 1.44 bits per heavy atom. The third-order valence-corrected chi connectivity index (χ3v) is 6.09. The van der Waals surface area contributed by atoms with E-state index in [2.05, 4.69) is 70.0 Å². The van der Waals surface area contributed by atoms with Crippen LogP contribution in [0, 0.1) is 11.8 Å². The third kappa shape index (κ3) is 19.5. The van der Waals surface area contributed by atoms with E-state index >= 15 is 0 Å². The van der Waals surface area contributed by atoms with Crippen LogP contribution in [0.5, 0.6) is 0 Å². The van der Waals surface area contributed by atoms with Gasteiger partial charge < -0.3 is 4.74 Å². The van der Waals surface area contributed by atoms with Crippen LogP contribution in [0.4, 0.5) is 0 Å². The van der Waals surface area contributed by atoms with Crippen molar-refractivity contribution in [3.8, 4) is 0 Å². The number of alkyl halides is 2. The van der Waals surface area contributed by atoms with E-state index in [0.29, 0.717) is 11.8 Å². The molecule has 0 rings (SSSR count). The minimum Gasteiger partial charge on any atom is -0.381 e. The van der Waals surface area contributed by atoms with Crippen LogP contribution in [0.25, 0.3) is 0 Å². The highest BCUT2D eigenvalue weighted by Gasteiger charge is 2.07. The van der Waals surface area contributed by atoms with Gasteiger partial charge in [0.2, 0.25) is 0 Å². The summed E-state index contributed by atoms with van der Waals surface area (Å²) in [5.74, 6) is 1.39. The Labute approximate surface area is 187 Å². The summed E-state index contributed by atoms with van der Waals surface area (Å²) in [7, 11) is 0. The molecule has 0 aliphatic carbocycles. The summed E-state index contributed by atoms with van der Waals surface area (Å²) in [5, 5.41) is 2.27. The highest BCUT2D eigenvalue weighted by atomic mass is 79.9. The first-order chi connectivity index (χ1) is 13.3. The van der Waals surface area contributed by atoms with Crippen molar-refractivity contribution in [2.45, 2.75) is 90.9 Å². The summed E-state index contributed by atoms with van der Waals surface area (Å²) in [6.45, 7) is 6.25. The lowest BCUT2D eigenvalue weighted by atomic mass is 9.97. The molecule has 0 aliphatic rings. The summed E-state index contributed by atoms with van der Waals surface area (Å²) in [6.07, 6.45) is 24.7. The Balaban J connectivity index is 4.03. The monoisotopic (exact) mass is 506 g/mol. The van der Waals surface area contributed by atoms with E-state index in [-0.39, 0.29) is 0 Å². The maximum Gasteiger partial charge on any atom is 0.0471 e. The van der Waals surface area contributed by atoms with Gasteiger partial charge in [-0.05, 0) is 63.2 Å². The second kappa shape index (κ2) is 22.7. The molecule has 0 saturated carbocycles. The largest absolute Gasteiger partial charge is 0.381 e. The van der Waals surface area contributed by atoms with Crippen molar-refractivity contribution in [1.82, 2.24) is 0 Å². The molecule has 0 aromatic carbocycles. The Kier molecular flexibility index (Phi) is 23.0. The molecule has 3 heteroatoms. The lowest BCUT2D eigenvalue weighted by Gasteiger charge is -2.15. The summed E-state index contributed by atoms with van der Waals surface area (Å²) in [4.78, 5) is 0. The highest BCUT2D eigenvalue weighted by molar-refractivity contribution is 9.09. The zero-order valence-electron chi connectivity index (χ0n) is 17.9. The Morgan fingerprint density at radius 2 is 1.07 bits per heavy atom. The Bertz CT molecular complexity index is 309. The van der Waals surface area contributed by atoms with Crippen molar-refractivity contribution in [2.24, 2.45) is 11.8 Å². The maximum atomic E-state index is 6.03. The fourth-order valence-corrected chi connectivity index (χ4v) is 4.05. The predicted octanol–water partition coefficient (Wildman–Crippen LogP) is 8.86. The van der Waals surface area contributed by atoms with Crippen LogP contribution in [-0.2, 0) is 4.74 Å². The van der Waals surface area contributed by atoms with Crippen molar-refractivity contribution < 1.29 is 4.74 Å². The zero-order valence-corrected chi connectivity index (χ0v) is 21.1. The standard InChI is InChI=1S/C24H44Br2O/c1-3-5-13-23(15-9-7-11-19-25)17-21-27-22-18-24(14-6-4-2)16-10-8-12-20-26/h5-6,13-14,23-24H,3-4,7-12,15-22H2,1-2H3/b13-5+,14-6+. The first-order valence-electron chi connectivity index (χ1n) is 11.3. The van der Waals surface area contributed by atoms with Gasteiger partial charge >= 0.3 is 0 Å². The van der Waals surface area contributed by atoms with Crippen LogP contribution >= 0.6 is 31.9 Å². The second-order valence-electron chi connectivity index (χ2n) is 7.46. The molecule has 0 saturated heterocycles. The molecular formula is C24H44Br2O. The molecule has 0 bridgehead atoms. The van der Waals surface area contributed by atoms with E-state index in [9.17, 15) is 0 Å². The second-order valence-corrected chi connectivity index (χ2v) is 9.05. The van der Waals surface area contributed by atoms with Crippen LogP contribution in [0.2, 0.25) is 0 Å². The maximum absolute atomic E-state index is 6.03. The molecule has 0 fully saturated rings. The van der Waals surface area contributed by atoms with Crippen LogP contribution in [0.3, 0.4) is 0 Å². The summed E-state index contributed by atoms with van der Waals surface area (Å²) in [5.41, 5.74) is 0. The van der Waals surface area contributed by atoms with Gasteiger partial charge in [0.05, 0.1) is 0 Å². The number of hydrogen-bond acceptors (Lipinski definition) is 1. The molecule has 0 aromatic heterocycles. The van der Waals surface area contributed by atoms with Crippen LogP contribution < -0.4 is 0 Å². The number of halogens is 2. The van der Waals surface area contributed by atoms with Gasteiger partial charge in [-0.1, -0.05) is 95.7 Å². The minimum absolute atomic E-state index is 0.695. The first kappa shape index (κ1) is 27.4. The molecule has 0 spiro atoms. The fourth-order valence-electron chi connectivity index (χ4n) is 3.26. The highest BCUT2D eigenvalue weighted by Crippen LogP contribution is 2.18. The number of unbranched alkanes of at least 4 members (excludes halogenated alkanes) is 4. The topological polar surface area (TPSA) is 9.23 Å². The SMILES string of the molecule is CC/C=C/C(CCCCCBr)CCOCCC(/C=C/CC)CCCCCBr. The van der Waals surface area contributed by atoms with Crippen LogP contribution in [0.1, 0.15) is 90.9 Å². The summed E-state index contributed by atoms with van der Waals surface area (Å²) in [6, 6.07) is 0. The van der Waals surface area contributed by atoms with Crippen molar-refractivity contribution in [1.29, 1.82) is 0 Å². The minimum atomic E-state index is 0.695. The first-order valence-corrected chi connectivity index (χ1v) is 13.6. The van der Waals surface area contributed by atoms with Gasteiger partial charge in [-0.25, -0.2) is 0 Å². The molecule has 1 nitrogen and oxygen atoms in total. The van der Waals surface area contributed by atoms with Gasteiger partial charge in [0.15, 0.2) is 0 Å². The van der Waals surface area contributed by atoms with Crippen molar-refractivity contribution in [3.05, 3.63) is 24.3 Å². The lowest BCUT2D eigenvalue weighted by molar-refractivity contribution is 0.113. The third-order valence-electron chi connectivity index (χ3n) is 4.97.